The molecule has 6 heteroatoms. The fraction of sp³-hybridized carbons (Fsp3) is 0.500. The topological polar surface area (TPSA) is 85.4 Å². The van der Waals surface area contributed by atoms with Crippen LogP contribution in [0.3, 0.4) is 0 Å². The van der Waals surface area contributed by atoms with Crippen LogP contribution in [-0.4, -0.2) is 25.0 Å². The lowest BCUT2D eigenvalue weighted by atomic mass is 10.2. The van der Waals surface area contributed by atoms with Crippen LogP contribution in [0.1, 0.15) is 24.7 Å². The molecule has 3 N–H and O–H groups in total. The molecule has 86 valence electrons. The highest BCUT2D eigenvalue weighted by molar-refractivity contribution is 5.18. The second-order valence-electron chi connectivity index (χ2n) is 3.71. The third kappa shape index (κ3) is 2.59. The van der Waals surface area contributed by atoms with Gasteiger partial charge in [-0.25, -0.2) is 4.98 Å². The Morgan fingerprint density at radius 2 is 2.31 bits per heavy atom. The summed E-state index contributed by atoms with van der Waals surface area (Å²) in [7, 11) is 0. The minimum absolute atomic E-state index is 0.479. The number of nitrogens with two attached hydrogens (primary N) is 1. The Labute approximate surface area is 93.9 Å². The highest BCUT2D eigenvalue weighted by atomic mass is 15.4. The van der Waals surface area contributed by atoms with Crippen molar-refractivity contribution in [2.75, 3.05) is 5.73 Å². The van der Waals surface area contributed by atoms with Gasteiger partial charge in [-0.2, -0.15) is 0 Å². The summed E-state index contributed by atoms with van der Waals surface area (Å²) in [6.07, 6.45) is 6.64. The molecule has 0 amide bonds. The van der Waals surface area contributed by atoms with Crippen molar-refractivity contribution in [3.05, 3.63) is 23.8 Å². The molecule has 2 heterocycles. The number of aryl methyl sites for hydroxylation is 3. The molecule has 0 spiro atoms. The summed E-state index contributed by atoms with van der Waals surface area (Å²) in [6, 6.07) is 0. The molecule has 0 unspecified atom stereocenters. The van der Waals surface area contributed by atoms with Crippen LogP contribution in [0.4, 0.5) is 5.95 Å². The summed E-state index contributed by atoms with van der Waals surface area (Å²) in [5.41, 5.74) is 7.60. The van der Waals surface area contributed by atoms with Gasteiger partial charge in [-0.3, -0.25) is 4.68 Å². The molecular weight excluding hydrogens is 204 g/mol. The average Bonchev–Trinajstić information content (AvgIpc) is 2.88. The Kier molecular flexibility index (Phi) is 3.19. The molecule has 0 aliphatic heterocycles. The van der Waals surface area contributed by atoms with E-state index in [1.54, 1.807) is 6.20 Å². The Bertz CT molecular complexity index is 444. The van der Waals surface area contributed by atoms with E-state index < -0.39 is 0 Å². The van der Waals surface area contributed by atoms with Gasteiger partial charge in [-0.1, -0.05) is 5.21 Å². The Morgan fingerprint density at radius 1 is 1.44 bits per heavy atom. The monoisotopic (exact) mass is 220 g/mol. The Balaban J connectivity index is 1.79. The lowest BCUT2D eigenvalue weighted by Crippen LogP contribution is -1.93. The molecule has 0 atom stereocenters. The Hall–Kier alpha value is -1.85. The number of imidazole rings is 1. The van der Waals surface area contributed by atoms with Gasteiger partial charge in [0.25, 0.3) is 0 Å². The van der Waals surface area contributed by atoms with Gasteiger partial charge < -0.3 is 10.7 Å². The summed E-state index contributed by atoms with van der Waals surface area (Å²) in [6.45, 7) is 2.91. The van der Waals surface area contributed by atoms with E-state index in [4.69, 9.17) is 5.73 Å². The van der Waals surface area contributed by atoms with Gasteiger partial charge in [-0.15, -0.1) is 5.10 Å². The third-order valence-electron chi connectivity index (χ3n) is 2.44. The molecule has 0 saturated heterocycles. The number of aromatic nitrogens is 5. The van der Waals surface area contributed by atoms with E-state index in [-0.39, 0.29) is 0 Å². The predicted molar refractivity (Wildman–Crippen MR) is 60.7 cm³/mol. The molecule has 0 aliphatic rings. The van der Waals surface area contributed by atoms with Gasteiger partial charge in [0.15, 0.2) is 5.95 Å². The number of anilines is 1. The predicted octanol–water partition coefficient (Wildman–Crippen LogP) is 0.779. The fourth-order valence-electron chi connectivity index (χ4n) is 1.57. The van der Waals surface area contributed by atoms with Gasteiger partial charge in [0.05, 0.1) is 11.9 Å². The highest BCUT2D eigenvalue weighted by Crippen LogP contribution is 2.05. The molecule has 0 saturated carbocycles. The zero-order chi connectivity index (χ0) is 11.4. The van der Waals surface area contributed by atoms with Crippen LogP contribution in [0.25, 0.3) is 0 Å². The van der Waals surface area contributed by atoms with Crippen LogP contribution >= 0.6 is 0 Å². The first-order valence-electron chi connectivity index (χ1n) is 5.46. The first-order chi connectivity index (χ1) is 7.78. The summed E-state index contributed by atoms with van der Waals surface area (Å²) in [5, 5.41) is 8.08. The number of H-pyrrole nitrogens is 1. The minimum Gasteiger partial charge on any atom is -0.369 e. The van der Waals surface area contributed by atoms with Crippen molar-refractivity contribution in [3.63, 3.8) is 0 Å². The summed E-state index contributed by atoms with van der Waals surface area (Å²) in [4.78, 5) is 6.95. The van der Waals surface area contributed by atoms with E-state index in [1.807, 2.05) is 17.8 Å². The van der Waals surface area contributed by atoms with Crippen LogP contribution < -0.4 is 5.73 Å². The largest absolute Gasteiger partial charge is 0.369 e. The van der Waals surface area contributed by atoms with Crippen LogP contribution in [-0.2, 0) is 19.4 Å². The van der Waals surface area contributed by atoms with E-state index in [9.17, 15) is 0 Å². The van der Waals surface area contributed by atoms with E-state index in [2.05, 4.69) is 20.3 Å². The average molecular weight is 220 g/mol. The second-order valence-corrected chi connectivity index (χ2v) is 3.71. The minimum atomic E-state index is 0.479. The van der Waals surface area contributed by atoms with Crippen molar-refractivity contribution < 1.29 is 0 Å². The SMILES string of the molecule is CCn1cc(CCCc2cnc(N)[nH]2)nn1. The van der Waals surface area contributed by atoms with Gasteiger partial charge in [0.2, 0.25) is 0 Å². The van der Waals surface area contributed by atoms with Crippen molar-refractivity contribution in [3.8, 4) is 0 Å². The van der Waals surface area contributed by atoms with Gasteiger partial charge in [0.1, 0.15) is 0 Å². The van der Waals surface area contributed by atoms with Crippen LogP contribution in [0.15, 0.2) is 12.4 Å². The number of rotatable bonds is 5. The standard InChI is InChI=1S/C10H16N6/c1-2-16-7-9(14-15-16)5-3-4-8-6-12-10(11)13-8/h6-7H,2-5H2,1H3,(H3,11,12,13). The zero-order valence-electron chi connectivity index (χ0n) is 9.35. The first-order valence-corrected chi connectivity index (χ1v) is 5.46. The molecule has 0 aromatic carbocycles. The Morgan fingerprint density at radius 3 is 2.94 bits per heavy atom. The lowest BCUT2D eigenvalue weighted by Gasteiger charge is -1.95. The molecule has 2 aromatic rings. The molecular formula is C10H16N6. The maximum Gasteiger partial charge on any atom is 0.197 e. The molecule has 6 nitrogen and oxygen atoms in total. The van der Waals surface area contributed by atoms with Crippen LogP contribution in [0.2, 0.25) is 0 Å². The maximum atomic E-state index is 5.49. The number of nitrogens with zero attached hydrogens (tertiary/aromatic N) is 4. The summed E-state index contributed by atoms with van der Waals surface area (Å²) < 4.78 is 1.84. The van der Waals surface area contributed by atoms with Gasteiger partial charge >= 0.3 is 0 Å². The molecule has 0 radical (unpaired) electrons. The molecule has 0 aliphatic carbocycles. The smallest absolute Gasteiger partial charge is 0.197 e. The quantitative estimate of drug-likeness (QED) is 0.779. The number of hydrogen-bond acceptors (Lipinski definition) is 4. The number of aromatic amines is 1. The number of hydrogen-bond donors (Lipinski definition) is 2. The second kappa shape index (κ2) is 4.78. The van der Waals surface area contributed by atoms with E-state index >= 15 is 0 Å². The highest BCUT2D eigenvalue weighted by Gasteiger charge is 2.01. The zero-order valence-corrected chi connectivity index (χ0v) is 9.35. The first kappa shape index (κ1) is 10.7. The molecule has 2 rings (SSSR count). The molecule has 0 bridgehead atoms. The lowest BCUT2D eigenvalue weighted by molar-refractivity contribution is 0.626. The maximum absolute atomic E-state index is 5.49. The van der Waals surface area contributed by atoms with E-state index in [0.717, 1.165) is 37.2 Å². The third-order valence-corrected chi connectivity index (χ3v) is 2.44. The van der Waals surface area contributed by atoms with Crippen molar-refractivity contribution >= 4 is 5.95 Å². The van der Waals surface area contributed by atoms with Gasteiger partial charge in [0, 0.05) is 18.4 Å². The molecule has 0 fully saturated rings. The summed E-state index contributed by atoms with van der Waals surface area (Å²) >= 11 is 0. The van der Waals surface area contributed by atoms with Crippen molar-refractivity contribution in [2.45, 2.75) is 32.7 Å². The van der Waals surface area contributed by atoms with Crippen molar-refractivity contribution in [1.82, 2.24) is 25.0 Å². The number of nitrogen functional groups attached to an aromatic ring is 1. The van der Waals surface area contributed by atoms with Crippen molar-refractivity contribution in [1.29, 1.82) is 0 Å². The van der Waals surface area contributed by atoms with Gasteiger partial charge in [-0.05, 0) is 26.2 Å². The fourth-order valence-corrected chi connectivity index (χ4v) is 1.57. The van der Waals surface area contributed by atoms with Crippen LogP contribution in [0, 0.1) is 0 Å². The molecule has 16 heavy (non-hydrogen) atoms. The van der Waals surface area contributed by atoms with Crippen molar-refractivity contribution in [2.24, 2.45) is 0 Å². The molecule has 2 aromatic heterocycles. The summed E-state index contributed by atoms with van der Waals surface area (Å²) in [5.74, 6) is 0.479. The van der Waals surface area contributed by atoms with Crippen LogP contribution in [0.5, 0.6) is 0 Å². The van der Waals surface area contributed by atoms with E-state index in [1.165, 1.54) is 0 Å². The number of nitrogens with one attached hydrogen (secondary N) is 1. The normalized spacial score (nSPS) is 10.8. The van der Waals surface area contributed by atoms with E-state index in [0.29, 0.717) is 5.95 Å².